The molecule has 4 heteroatoms. The molecule has 1 atom stereocenters. The summed E-state index contributed by atoms with van der Waals surface area (Å²) in [6.07, 6.45) is 2.55. The van der Waals surface area contributed by atoms with Gasteiger partial charge in [0.1, 0.15) is 11.5 Å². The molecular formula is C17H25NO3. The van der Waals surface area contributed by atoms with Crippen LogP contribution in [0.25, 0.3) is 0 Å². The Kier molecular flexibility index (Phi) is 6.40. The number of hydrogen-bond donors (Lipinski definition) is 1. The fourth-order valence-electron chi connectivity index (χ4n) is 2.59. The first-order chi connectivity index (χ1) is 9.94. The van der Waals surface area contributed by atoms with E-state index in [4.69, 9.17) is 10.5 Å². The van der Waals surface area contributed by atoms with Crippen LogP contribution in [0.3, 0.4) is 0 Å². The molecule has 4 nitrogen and oxygen atoms in total. The zero-order chi connectivity index (χ0) is 16.0. The van der Waals surface area contributed by atoms with Crippen molar-refractivity contribution in [2.75, 3.05) is 12.8 Å². The standard InChI is InChI=1S/C17H25NO3/c1-5-7-12(11(3)19)8-16(20)15-9-13(18)10-17(21-4)14(15)6-2/h9-10,12H,5-8,18H2,1-4H3. The highest BCUT2D eigenvalue weighted by Gasteiger charge is 2.22. The Balaban J connectivity index is 3.11. The number of nitrogens with two attached hydrogens (primary N) is 1. The van der Waals surface area contributed by atoms with Crippen LogP contribution in [0.1, 0.15) is 56.0 Å². The average Bonchev–Trinajstić information content (AvgIpc) is 2.45. The molecule has 0 spiro atoms. The Morgan fingerprint density at radius 1 is 1.29 bits per heavy atom. The first kappa shape index (κ1) is 17.2. The number of hydrogen-bond acceptors (Lipinski definition) is 4. The van der Waals surface area contributed by atoms with E-state index in [2.05, 4.69) is 0 Å². The van der Waals surface area contributed by atoms with Gasteiger partial charge in [0.05, 0.1) is 7.11 Å². The van der Waals surface area contributed by atoms with Gasteiger partial charge in [0.2, 0.25) is 0 Å². The van der Waals surface area contributed by atoms with Crippen molar-refractivity contribution in [2.24, 2.45) is 5.92 Å². The number of carbonyl (C=O) groups excluding carboxylic acids is 2. The van der Waals surface area contributed by atoms with E-state index in [1.807, 2.05) is 13.8 Å². The first-order valence-electron chi connectivity index (χ1n) is 7.44. The van der Waals surface area contributed by atoms with Gasteiger partial charge in [0, 0.05) is 35.2 Å². The van der Waals surface area contributed by atoms with Crippen LogP contribution >= 0.6 is 0 Å². The average molecular weight is 291 g/mol. The summed E-state index contributed by atoms with van der Waals surface area (Å²) >= 11 is 0. The molecule has 116 valence electrons. The van der Waals surface area contributed by atoms with Gasteiger partial charge in [-0.25, -0.2) is 0 Å². The fourth-order valence-corrected chi connectivity index (χ4v) is 2.59. The minimum absolute atomic E-state index is 0.0360. The highest BCUT2D eigenvalue weighted by Crippen LogP contribution is 2.29. The number of ketones is 2. The topological polar surface area (TPSA) is 69.4 Å². The first-order valence-corrected chi connectivity index (χ1v) is 7.44. The number of methoxy groups -OCH3 is 1. The number of anilines is 1. The smallest absolute Gasteiger partial charge is 0.164 e. The Hall–Kier alpha value is -1.84. The third kappa shape index (κ3) is 4.31. The van der Waals surface area contributed by atoms with Crippen molar-refractivity contribution < 1.29 is 14.3 Å². The minimum atomic E-state index is -0.209. The normalized spacial score (nSPS) is 12.0. The van der Waals surface area contributed by atoms with Crippen LogP contribution in [0.5, 0.6) is 5.75 Å². The maximum Gasteiger partial charge on any atom is 0.164 e. The molecule has 0 radical (unpaired) electrons. The molecule has 0 fully saturated rings. The van der Waals surface area contributed by atoms with Crippen molar-refractivity contribution >= 4 is 17.3 Å². The molecule has 0 aromatic heterocycles. The third-order valence-corrected chi connectivity index (χ3v) is 3.75. The van der Waals surface area contributed by atoms with E-state index >= 15 is 0 Å². The van der Waals surface area contributed by atoms with E-state index in [9.17, 15) is 9.59 Å². The third-order valence-electron chi connectivity index (χ3n) is 3.75. The highest BCUT2D eigenvalue weighted by atomic mass is 16.5. The van der Waals surface area contributed by atoms with Crippen molar-refractivity contribution in [1.29, 1.82) is 0 Å². The monoisotopic (exact) mass is 291 g/mol. The number of nitrogen functional groups attached to an aromatic ring is 1. The molecule has 0 saturated heterocycles. The molecule has 1 aromatic carbocycles. The number of rotatable bonds is 8. The largest absolute Gasteiger partial charge is 0.496 e. The van der Waals surface area contributed by atoms with E-state index in [0.29, 0.717) is 23.4 Å². The Bertz CT molecular complexity index is 523. The van der Waals surface area contributed by atoms with Crippen molar-refractivity contribution in [1.82, 2.24) is 0 Å². The van der Waals surface area contributed by atoms with E-state index in [1.54, 1.807) is 26.2 Å². The summed E-state index contributed by atoms with van der Waals surface area (Å²) in [7, 11) is 1.57. The van der Waals surface area contributed by atoms with E-state index in [-0.39, 0.29) is 23.9 Å². The van der Waals surface area contributed by atoms with Crippen LogP contribution in [0.2, 0.25) is 0 Å². The van der Waals surface area contributed by atoms with Gasteiger partial charge in [0.15, 0.2) is 5.78 Å². The van der Waals surface area contributed by atoms with Crippen LogP contribution in [-0.4, -0.2) is 18.7 Å². The van der Waals surface area contributed by atoms with Gasteiger partial charge in [-0.2, -0.15) is 0 Å². The molecule has 2 N–H and O–H groups in total. The molecular weight excluding hydrogens is 266 g/mol. The Morgan fingerprint density at radius 2 is 1.95 bits per heavy atom. The summed E-state index contributed by atoms with van der Waals surface area (Å²) in [4.78, 5) is 24.2. The van der Waals surface area contributed by atoms with Gasteiger partial charge < -0.3 is 10.5 Å². The number of Topliss-reactive ketones (excluding diaryl/α,β-unsaturated/α-hetero) is 2. The SMILES string of the molecule is CCCC(CC(=O)c1cc(N)cc(OC)c1CC)C(C)=O. The lowest BCUT2D eigenvalue weighted by Gasteiger charge is -2.16. The molecule has 0 saturated carbocycles. The predicted molar refractivity (Wildman–Crippen MR) is 84.8 cm³/mol. The van der Waals surface area contributed by atoms with Gasteiger partial charge in [-0.1, -0.05) is 20.3 Å². The van der Waals surface area contributed by atoms with E-state index < -0.39 is 0 Å². The molecule has 0 bridgehead atoms. The maximum absolute atomic E-state index is 12.6. The van der Waals surface area contributed by atoms with Crippen molar-refractivity contribution in [2.45, 2.75) is 46.5 Å². The summed E-state index contributed by atoms with van der Waals surface area (Å²) in [6, 6.07) is 3.41. The zero-order valence-corrected chi connectivity index (χ0v) is 13.4. The molecule has 0 aliphatic heterocycles. The van der Waals surface area contributed by atoms with Crippen LogP contribution in [0, 0.1) is 5.92 Å². The van der Waals surface area contributed by atoms with Gasteiger partial charge in [0.25, 0.3) is 0 Å². The molecule has 1 unspecified atom stereocenters. The van der Waals surface area contributed by atoms with Crippen molar-refractivity contribution in [3.05, 3.63) is 23.3 Å². The second-order valence-corrected chi connectivity index (χ2v) is 5.33. The van der Waals surface area contributed by atoms with Crippen LogP contribution in [0.4, 0.5) is 5.69 Å². The molecule has 1 rings (SSSR count). The quantitative estimate of drug-likeness (QED) is 0.588. The van der Waals surface area contributed by atoms with Crippen LogP contribution in [0.15, 0.2) is 12.1 Å². The highest BCUT2D eigenvalue weighted by molar-refractivity contribution is 6.01. The van der Waals surface area contributed by atoms with Crippen LogP contribution in [-0.2, 0) is 11.2 Å². The lowest BCUT2D eigenvalue weighted by atomic mass is 9.89. The number of carbonyl (C=O) groups is 2. The van der Waals surface area contributed by atoms with Crippen molar-refractivity contribution in [3.63, 3.8) is 0 Å². The van der Waals surface area contributed by atoms with Gasteiger partial charge in [-0.05, 0) is 25.8 Å². The molecule has 0 aliphatic rings. The van der Waals surface area contributed by atoms with Gasteiger partial charge in [-0.3, -0.25) is 9.59 Å². The summed E-state index contributed by atoms with van der Waals surface area (Å²) in [6.45, 7) is 5.54. The second kappa shape index (κ2) is 7.81. The van der Waals surface area contributed by atoms with Gasteiger partial charge >= 0.3 is 0 Å². The Labute approximate surface area is 126 Å². The van der Waals surface area contributed by atoms with E-state index in [0.717, 1.165) is 18.4 Å². The lowest BCUT2D eigenvalue weighted by Crippen LogP contribution is -2.17. The molecule has 0 amide bonds. The summed E-state index contributed by atoms with van der Waals surface area (Å²) < 4.78 is 5.31. The minimum Gasteiger partial charge on any atom is -0.496 e. The van der Waals surface area contributed by atoms with E-state index in [1.165, 1.54) is 0 Å². The molecule has 0 aliphatic carbocycles. The predicted octanol–water partition coefficient (Wildman–Crippen LogP) is 3.42. The van der Waals surface area contributed by atoms with Crippen LogP contribution < -0.4 is 10.5 Å². The zero-order valence-electron chi connectivity index (χ0n) is 13.4. The molecule has 0 heterocycles. The Morgan fingerprint density at radius 3 is 2.43 bits per heavy atom. The maximum atomic E-state index is 12.6. The second-order valence-electron chi connectivity index (χ2n) is 5.33. The summed E-state index contributed by atoms with van der Waals surface area (Å²) in [5, 5.41) is 0. The number of ether oxygens (including phenoxy) is 1. The van der Waals surface area contributed by atoms with Gasteiger partial charge in [-0.15, -0.1) is 0 Å². The summed E-state index contributed by atoms with van der Waals surface area (Å²) in [5.74, 6) is 0.459. The summed E-state index contributed by atoms with van der Waals surface area (Å²) in [5.41, 5.74) is 7.79. The fraction of sp³-hybridized carbons (Fsp3) is 0.529. The molecule has 21 heavy (non-hydrogen) atoms. The molecule has 1 aromatic rings. The lowest BCUT2D eigenvalue weighted by molar-refractivity contribution is -0.120. The number of benzene rings is 1. The van der Waals surface area contributed by atoms with Crippen molar-refractivity contribution in [3.8, 4) is 5.75 Å².